The maximum atomic E-state index is 12.2. The molecule has 0 heterocycles. The van der Waals surface area contributed by atoms with Crippen molar-refractivity contribution >= 4 is 21.4 Å². The van der Waals surface area contributed by atoms with Crippen LogP contribution in [-0.2, 0) is 10.0 Å². The first-order valence-corrected chi connectivity index (χ1v) is 8.36. The molecule has 0 saturated heterocycles. The Bertz CT molecular complexity index is 587. The summed E-state index contributed by atoms with van der Waals surface area (Å²) in [6.07, 6.45) is 3.90. The molecule has 0 aliphatic rings. The van der Waals surface area contributed by atoms with Crippen LogP contribution in [-0.4, -0.2) is 26.9 Å². The van der Waals surface area contributed by atoms with Gasteiger partial charge in [0, 0.05) is 25.7 Å². The van der Waals surface area contributed by atoms with E-state index in [2.05, 4.69) is 17.0 Å². The number of nitrogens with one attached hydrogen (secondary N) is 2. The minimum atomic E-state index is -3.67. The fourth-order valence-electron chi connectivity index (χ4n) is 1.90. The largest absolute Gasteiger partial charge is 0.387 e. The highest BCUT2D eigenvalue weighted by molar-refractivity contribution is 7.89. The molecule has 0 fully saturated rings. The third kappa shape index (κ3) is 4.98. The Hall–Kier alpha value is -1.67. The number of nitrogens with zero attached hydrogens (tertiary/aromatic N) is 1. The van der Waals surface area contributed by atoms with E-state index in [1.165, 1.54) is 25.2 Å². The van der Waals surface area contributed by atoms with Gasteiger partial charge in [-0.05, 0) is 12.5 Å². The van der Waals surface area contributed by atoms with Crippen LogP contribution in [0.2, 0.25) is 0 Å². The molecule has 7 nitrogen and oxygen atoms in total. The lowest BCUT2D eigenvalue weighted by Crippen LogP contribution is -2.25. The lowest BCUT2D eigenvalue weighted by molar-refractivity contribution is -0.384. The van der Waals surface area contributed by atoms with E-state index < -0.39 is 14.9 Å². The number of nitro groups is 1. The van der Waals surface area contributed by atoms with Crippen molar-refractivity contribution < 1.29 is 13.3 Å². The number of sulfonamides is 1. The predicted octanol–water partition coefficient (Wildman–Crippen LogP) is 2.50. The highest BCUT2D eigenvalue weighted by Crippen LogP contribution is 2.25. The van der Waals surface area contributed by atoms with E-state index in [4.69, 9.17) is 0 Å². The second kappa shape index (κ2) is 7.94. The summed E-state index contributed by atoms with van der Waals surface area (Å²) in [6.45, 7) is 2.45. The number of anilines is 1. The molecule has 0 bridgehead atoms. The molecule has 1 aromatic carbocycles. The molecule has 118 valence electrons. The lowest BCUT2D eigenvalue weighted by Gasteiger charge is -2.11. The van der Waals surface area contributed by atoms with Gasteiger partial charge in [0.05, 0.1) is 10.6 Å². The zero-order chi connectivity index (χ0) is 15.9. The zero-order valence-corrected chi connectivity index (χ0v) is 13.1. The Kier molecular flexibility index (Phi) is 6.57. The van der Waals surface area contributed by atoms with Crippen molar-refractivity contribution in [3.05, 3.63) is 28.3 Å². The molecule has 0 aromatic heterocycles. The standard InChI is InChI=1S/C13H21N3O4S/c1-3-4-5-6-9-15-21(19,20)13-8-7-11(16(17)18)10-12(13)14-2/h7-8,10,14-15H,3-6,9H2,1-2H3. The van der Waals surface area contributed by atoms with Crippen LogP contribution in [0.15, 0.2) is 23.1 Å². The molecule has 1 aromatic rings. The second-order valence-electron chi connectivity index (χ2n) is 4.65. The summed E-state index contributed by atoms with van der Waals surface area (Å²) in [6, 6.07) is 3.65. The first-order valence-electron chi connectivity index (χ1n) is 6.88. The van der Waals surface area contributed by atoms with Crippen molar-refractivity contribution in [2.45, 2.75) is 37.5 Å². The van der Waals surface area contributed by atoms with Crippen LogP contribution in [0.1, 0.15) is 32.6 Å². The fourth-order valence-corrected chi connectivity index (χ4v) is 3.16. The van der Waals surface area contributed by atoms with Gasteiger partial charge in [0.1, 0.15) is 4.90 Å². The molecule has 0 amide bonds. The first kappa shape index (κ1) is 17.4. The van der Waals surface area contributed by atoms with Crippen LogP contribution < -0.4 is 10.0 Å². The molecular weight excluding hydrogens is 294 g/mol. The summed E-state index contributed by atoms with van der Waals surface area (Å²) < 4.78 is 26.9. The van der Waals surface area contributed by atoms with Crippen LogP contribution in [0.25, 0.3) is 0 Å². The van der Waals surface area contributed by atoms with Gasteiger partial charge in [-0.1, -0.05) is 26.2 Å². The van der Waals surface area contributed by atoms with Gasteiger partial charge in [-0.25, -0.2) is 13.1 Å². The lowest BCUT2D eigenvalue weighted by atomic mass is 10.2. The fraction of sp³-hybridized carbons (Fsp3) is 0.538. The van der Waals surface area contributed by atoms with Gasteiger partial charge in [0.2, 0.25) is 10.0 Å². The molecule has 0 aliphatic carbocycles. The average molecular weight is 315 g/mol. The number of rotatable bonds is 9. The molecule has 0 saturated carbocycles. The van der Waals surface area contributed by atoms with Gasteiger partial charge >= 0.3 is 0 Å². The highest BCUT2D eigenvalue weighted by atomic mass is 32.2. The molecule has 0 atom stereocenters. The third-order valence-electron chi connectivity index (χ3n) is 3.06. The Labute approximate surface area is 124 Å². The Balaban J connectivity index is 2.85. The molecule has 0 aliphatic heterocycles. The monoisotopic (exact) mass is 315 g/mol. The summed E-state index contributed by atoms with van der Waals surface area (Å²) in [5.41, 5.74) is 0.0616. The molecule has 0 radical (unpaired) electrons. The van der Waals surface area contributed by atoms with E-state index in [9.17, 15) is 18.5 Å². The highest BCUT2D eigenvalue weighted by Gasteiger charge is 2.20. The van der Waals surface area contributed by atoms with Crippen molar-refractivity contribution in [3.63, 3.8) is 0 Å². The summed E-state index contributed by atoms with van der Waals surface area (Å²) in [5, 5.41) is 13.4. The van der Waals surface area contributed by atoms with E-state index in [1.54, 1.807) is 0 Å². The number of hydrogen-bond acceptors (Lipinski definition) is 5. The number of non-ortho nitro benzene ring substituents is 1. The van der Waals surface area contributed by atoms with E-state index >= 15 is 0 Å². The minimum absolute atomic E-state index is 0.0195. The Morgan fingerprint density at radius 3 is 2.52 bits per heavy atom. The average Bonchev–Trinajstić information content (AvgIpc) is 2.46. The summed E-state index contributed by atoms with van der Waals surface area (Å²) in [4.78, 5) is 10.2. The Morgan fingerprint density at radius 1 is 1.24 bits per heavy atom. The SMILES string of the molecule is CCCCCCNS(=O)(=O)c1ccc([N+](=O)[O-])cc1NC. The summed E-state index contributed by atoms with van der Waals surface area (Å²) in [5.74, 6) is 0. The van der Waals surface area contributed by atoms with Crippen molar-refractivity contribution in [2.75, 3.05) is 18.9 Å². The van der Waals surface area contributed by atoms with E-state index in [0.717, 1.165) is 25.7 Å². The maximum Gasteiger partial charge on any atom is 0.271 e. The predicted molar refractivity (Wildman–Crippen MR) is 82.0 cm³/mol. The van der Waals surface area contributed by atoms with E-state index in [1.807, 2.05) is 0 Å². The second-order valence-corrected chi connectivity index (χ2v) is 6.38. The Morgan fingerprint density at radius 2 is 1.95 bits per heavy atom. The van der Waals surface area contributed by atoms with Gasteiger partial charge in [0.25, 0.3) is 5.69 Å². The smallest absolute Gasteiger partial charge is 0.271 e. The van der Waals surface area contributed by atoms with Crippen molar-refractivity contribution in [2.24, 2.45) is 0 Å². The van der Waals surface area contributed by atoms with Crippen LogP contribution in [0.4, 0.5) is 11.4 Å². The number of unbranched alkanes of at least 4 members (excludes halogenated alkanes) is 3. The quantitative estimate of drug-likeness (QED) is 0.414. The maximum absolute atomic E-state index is 12.2. The van der Waals surface area contributed by atoms with Gasteiger partial charge in [0.15, 0.2) is 0 Å². The summed E-state index contributed by atoms with van der Waals surface area (Å²) >= 11 is 0. The van der Waals surface area contributed by atoms with E-state index in [-0.39, 0.29) is 16.3 Å². The molecule has 2 N–H and O–H groups in total. The van der Waals surface area contributed by atoms with Gasteiger partial charge in [-0.2, -0.15) is 0 Å². The molecule has 8 heteroatoms. The normalized spacial score (nSPS) is 11.3. The van der Waals surface area contributed by atoms with Gasteiger partial charge in [-0.15, -0.1) is 0 Å². The molecular formula is C13H21N3O4S. The van der Waals surface area contributed by atoms with E-state index in [0.29, 0.717) is 6.54 Å². The topological polar surface area (TPSA) is 101 Å². The van der Waals surface area contributed by atoms with Crippen molar-refractivity contribution in [1.29, 1.82) is 0 Å². The van der Waals surface area contributed by atoms with Crippen LogP contribution >= 0.6 is 0 Å². The molecule has 21 heavy (non-hydrogen) atoms. The first-order chi connectivity index (χ1) is 9.92. The number of nitro benzene ring substituents is 1. The third-order valence-corrected chi connectivity index (χ3v) is 4.57. The number of benzene rings is 1. The van der Waals surface area contributed by atoms with Crippen molar-refractivity contribution in [3.8, 4) is 0 Å². The van der Waals surface area contributed by atoms with Crippen molar-refractivity contribution in [1.82, 2.24) is 4.72 Å². The van der Waals surface area contributed by atoms with Crippen LogP contribution in [0.3, 0.4) is 0 Å². The van der Waals surface area contributed by atoms with Crippen LogP contribution in [0, 0.1) is 10.1 Å². The summed E-state index contributed by atoms with van der Waals surface area (Å²) in [7, 11) is -2.14. The minimum Gasteiger partial charge on any atom is -0.387 e. The number of hydrogen-bond donors (Lipinski definition) is 2. The molecule has 0 unspecified atom stereocenters. The molecule has 1 rings (SSSR count). The van der Waals surface area contributed by atoms with Gasteiger partial charge < -0.3 is 5.32 Å². The zero-order valence-electron chi connectivity index (χ0n) is 12.3. The van der Waals surface area contributed by atoms with Gasteiger partial charge in [-0.3, -0.25) is 10.1 Å². The molecule has 0 spiro atoms. The van der Waals surface area contributed by atoms with Crippen LogP contribution in [0.5, 0.6) is 0 Å².